The van der Waals surface area contributed by atoms with Crippen molar-refractivity contribution in [1.82, 2.24) is 4.98 Å². The molecule has 2 aromatic rings. The number of H-pyrrole nitrogens is 1. The zero-order valence-corrected chi connectivity index (χ0v) is 12.9. The van der Waals surface area contributed by atoms with Gasteiger partial charge in [0, 0.05) is 17.9 Å². The van der Waals surface area contributed by atoms with Crippen molar-refractivity contribution >= 4 is 28.5 Å². The van der Waals surface area contributed by atoms with Crippen LogP contribution < -0.4 is 14.8 Å². The van der Waals surface area contributed by atoms with E-state index < -0.39 is 5.97 Å². The molecule has 1 heterocycles. The van der Waals surface area contributed by atoms with Crippen molar-refractivity contribution < 1.29 is 23.8 Å². The van der Waals surface area contributed by atoms with E-state index in [-0.39, 0.29) is 11.6 Å². The van der Waals surface area contributed by atoms with Crippen molar-refractivity contribution in [2.24, 2.45) is 0 Å². The number of hydrogen-bond acceptors (Lipinski definition) is 5. The molecule has 7 nitrogen and oxygen atoms in total. The minimum Gasteiger partial charge on any atom is -0.493 e. The van der Waals surface area contributed by atoms with Gasteiger partial charge in [-0.2, -0.15) is 0 Å². The number of aromatic amines is 1. The molecule has 118 valence electrons. The van der Waals surface area contributed by atoms with E-state index in [1.54, 1.807) is 19.1 Å². The Morgan fingerprint density at radius 1 is 1.14 bits per heavy atom. The fraction of sp³-hybridized carbons (Fsp3) is 0.333. The highest BCUT2D eigenvalue weighted by Gasteiger charge is 2.21. The molecule has 0 unspecified atom stereocenters. The van der Waals surface area contributed by atoms with Gasteiger partial charge >= 0.3 is 5.97 Å². The highest BCUT2D eigenvalue weighted by Crippen LogP contribution is 2.37. The first-order valence-corrected chi connectivity index (χ1v) is 6.71. The summed E-state index contributed by atoms with van der Waals surface area (Å²) in [4.78, 5) is 26.6. The van der Waals surface area contributed by atoms with Gasteiger partial charge in [0.05, 0.1) is 32.5 Å². The molecule has 0 aliphatic heterocycles. The van der Waals surface area contributed by atoms with Crippen molar-refractivity contribution in [2.45, 2.75) is 13.3 Å². The average molecular weight is 306 g/mol. The third kappa shape index (κ3) is 2.69. The summed E-state index contributed by atoms with van der Waals surface area (Å²) < 4.78 is 15.2. The van der Waals surface area contributed by atoms with Crippen LogP contribution in [0.1, 0.15) is 23.8 Å². The van der Waals surface area contributed by atoms with Gasteiger partial charge in [0.2, 0.25) is 5.91 Å². The van der Waals surface area contributed by atoms with Gasteiger partial charge in [0.15, 0.2) is 11.5 Å². The van der Waals surface area contributed by atoms with E-state index in [9.17, 15) is 9.59 Å². The molecule has 0 aliphatic carbocycles. The van der Waals surface area contributed by atoms with Crippen LogP contribution in [-0.2, 0) is 9.53 Å². The number of fused-ring (bicyclic) bond motifs is 1. The SMILES string of the molecule is CCC(=O)Nc1c(C(=O)OC)[nH]c2cc(OC)c(OC)cc12. The average Bonchev–Trinajstić information content (AvgIpc) is 2.89. The van der Waals surface area contributed by atoms with Gasteiger partial charge in [-0.15, -0.1) is 0 Å². The van der Waals surface area contributed by atoms with Crippen molar-refractivity contribution in [3.05, 3.63) is 17.8 Å². The first kappa shape index (κ1) is 15.7. The summed E-state index contributed by atoms with van der Waals surface area (Å²) >= 11 is 0. The summed E-state index contributed by atoms with van der Waals surface area (Å²) in [6.45, 7) is 1.73. The third-order valence-electron chi connectivity index (χ3n) is 3.28. The predicted molar refractivity (Wildman–Crippen MR) is 81.7 cm³/mol. The van der Waals surface area contributed by atoms with Crippen LogP contribution in [0, 0.1) is 0 Å². The maximum absolute atomic E-state index is 11.9. The number of aromatic nitrogens is 1. The molecule has 0 saturated heterocycles. The lowest BCUT2D eigenvalue weighted by atomic mass is 10.2. The number of carbonyl (C=O) groups excluding carboxylic acids is 2. The molecule has 7 heteroatoms. The van der Waals surface area contributed by atoms with Gasteiger partial charge in [-0.1, -0.05) is 6.92 Å². The molecule has 1 amide bonds. The fourth-order valence-corrected chi connectivity index (χ4v) is 2.13. The molecule has 2 N–H and O–H groups in total. The maximum Gasteiger partial charge on any atom is 0.356 e. The van der Waals surface area contributed by atoms with Gasteiger partial charge in [-0.3, -0.25) is 4.79 Å². The molecule has 0 aliphatic rings. The van der Waals surface area contributed by atoms with Crippen molar-refractivity contribution in [3.8, 4) is 11.5 Å². The Morgan fingerprint density at radius 3 is 2.32 bits per heavy atom. The number of esters is 1. The Kier molecular flexibility index (Phi) is 4.55. The second-order valence-corrected chi connectivity index (χ2v) is 4.52. The fourth-order valence-electron chi connectivity index (χ4n) is 2.13. The normalized spacial score (nSPS) is 10.4. The van der Waals surface area contributed by atoms with Crippen LogP contribution in [0.3, 0.4) is 0 Å². The van der Waals surface area contributed by atoms with Crippen LogP contribution >= 0.6 is 0 Å². The Labute approximate surface area is 127 Å². The third-order valence-corrected chi connectivity index (χ3v) is 3.28. The van der Waals surface area contributed by atoms with Gasteiger partial charge in [-0.05, 0) is 6.07 Å². The van der Waals surface area contributed by atoms with Crippen LogP contribution in [-0.4, -0.2) is 38.2 Å². The quantitative estimate of drug-likeness (QED) is 0.827. The van der Waals surface area contributed by atoms with Crippen LogP contribution in [0.4, 0.5) is 5.69 Å². The van der Waals surface area contributed by atoms with E-state index in [0.29, 0.717) is 34.5 Å². The molecule has 0 radical (unpaired) electrons. The summed E-state index contributed by atoms with van der Waals surface area (Å²) in [5.41, 5.74) is 1.17. The topological polar surface area (TPSA) is 89.7 Å². The number of benzene rings is 1. The molecule has 0 bridgehead atoms. The molecule has 1 aromatic heterocycles. The minimum atomic E-state index is -0.569. The number of nitrogens with one attached hydrogen (secondary N) is 2. The summed E-state index contributed by atoms with van der Waals surface area (Å²) in [5.74, 6) is 0.236. The summed E-state index contributed by atoms with van der Waals surface area (Å²) in [7, 11) is 4.32. The van der Waals surface area contributed by atoms with Crippen LogP contribution in [0.25, 0.3) is 10.9 Å². The van der Waals surface area contributed by atoms with Crippen LogP contribution in [0.5, 0.6) is 11.5 Å². The number of anilines is 1. The summed E-state index contributed by atoms with van der Waals surface area (Å²) in [6.07, 6.45) is 0.292. The Morgan fingerprint density at radius 2 is 1.77 bits per heavy atom. The molecular formula is C15H18N2O5. The number of amides is 1. The van der Waals surface area contributed by atoms with Crippen molar-refractivity contribution in [3.63, 3.8) is 0 Å². The molecule has 0 atom stereocenters. The van der Waals surface area contributed by atoms with Gasteiger partial charge in [-0.25, -0.2) is 4.79 Å². The van der Waals surface area contributed by atoms with E-state index in [4.69, 9.17) is 14.2 Å². The summed E-state index contributed by atoms with van der Waals surface area (Å²) in [5, 5.41) is 3.36. The van der Waals surface area contributed by atoms with Crippen molar-refractivity contribution in [2.75, 3.05) is 26.6 Å². The van der Waals surface area contributed by atoms with Crippen molar-refractivity contribution in [1.29, 1.82) is 0 Å². The monoisotopic (exact) mass is 306 g/mol. The molecule has 22 heavy (non-hydrogen) atoms. The second kappa shape index (κ2) is 6.38. The smallest absolute Gasteiger partial charge is 0.356 e. The molecule has 0 spiro atoms. The second-order valence-electron chi connectivity index (χ2n) is 4.52. The standard InChI is InChI=1S/C15H18N2O5/c1-5-12(18)17-13-8-6-10(20-2)11(21-3)7-9(8)16-14(13)15(19)22-4/h6-7,16H,5H2,1-4H3,(H,17,18). The van der Waals surface area contributed by atoms with Crippen LogP contribution in [0.2, 0.25) is 0 Å². The lowest BCUT2D eigenvalue weighted by molar-refractivity contribution is -0.115. The lowest BCUT2D eigenvalue weighted by Crippen LogP contribution is -2.13. The first-order valence-electron chi connectivity index (χ1n) is 6.71. The zero-order chi connectivity index (χ0) is 16.3. The van der Waals surface area contributed by atoms with Crippen LogP contribution in [0.15, 0.2) is 12.1 Å². The molecule has 2 rings (SSSR count). The van der Waals surface area contributed by atoms with Gasteiger partial charge < -0.3 is 24.5 Å². The maximum atomic E-state index is 11.9. The Balaban J connectivity index is 2.69. The van der Waals surface area contributed by atoms with Gasteiger partial charge in [0.25, 0.3) is 0 Å². The largest absolute Gasteiger partial charge is 0.493 e. The zero-order valence-electron chi connectivity index (χ0n) is 12.9. The highest BCUT2D eigenvalue weighted by molar-refractivity contribution is 6.11. The highest BCUT2D eigenvalue weighted by atomic mass is 16.5. The molecular weight excluding hydrogens is 288 g/mol. The summed E-state index contributed by atoms with van der Waals surface area (Å²) in [6, 6.07) is 3.39. The Bertz CT molecular complexity index is 720. The van der Waals surface area contributed by atoms with E-state index >= 15 is 0 Å². The Hall–Kier alpha value is -2.70. The number of methoxy groups -OCH3 is 3. The van der Waals surface area contributed by atoms with E-state index in [1.807, 2.05) is 0 Å². The number of hydrogen-bond donors (Lipinski definition) is 2. The number of rotatable bonds is 5. The lowest BCUT2D eigenvalue weighted by Gasteiger charge is -2.08. The molecule has 1 aromatic carbocycles. The van der Waals surface area contributed by atoms with E-state index in [1.165, 1.54) is 21.3 Å². The van der Waals surface area contributed by atoms with E-state index in [2.05, 4.69) is 10.3 Å². The van der Waals surface area contributed by atoms with Gasteiger partial charge in [0.1, 0.15) is 5.69 Å². The number of carbonyl (C=O) groups is 2. The predicted octanol–water partition coefficient (Wildman–Crippen LogP) is 2.32. The van der Waals surface area contributed by atoms with E-state index in [0.717, 1.165) is 0 Å². The number of ether oxygens (including phenoxy) is 3. The molecule has 0 fully saturated rings. The first-order chi connectivity index (χ1) is 10.5. The molecule has 0 saturated carbocycles. The minimum absolute atomic E-state index is 0.176.